The van der Waals surface area contributed by atoms with Gasteiger partial charge >= 0.3 is 0 Å². The molecule has 0 spiro atoms. The van der Waals surface area contributed by atoms with Crippen LogP contribution >= 0.6 is 11.8 Å². The van der Waals surface area contributed by atoms with Crippen molar-refractivity contribution < 1.29 is 13.9 Å². The highest BCUT2D eigenvalue weighted by Gasteiger charge is 2.15. The number of amides is 1. The van der Waals surface area contributed by atoms with E-state index in [0.717, 1.165) is 46.8 Å². The van der Waals surface area contributed by atoms with Gasteiger partial charge in [0.05, 0.1) is 19.9 Å². The minimum Gasteiger partial charge on any atom is -0.497 e. The number of rotatable bonds is 12. The number of carbonyl (C=O) groups is 1. The monoisotopic (exact) mass is 476 g/mol. The zero-order valence-corrected chi connectivity index (χ0v) is 20.0. The van der Waals surface area contributed by atoms with Crippen molar-refractivity contribution in [2.75, 3.05) is 12.9 Å². The molecule has 0 aliphatic rings. The maximum atomic E-state index is 12.0. The van der Waals surface area contributed by atoms with E-state index in [1.165, 1.54) is 5.56 Å². The first kappa shape index (κ1) is 23.6. The number of unbranched alkanes of at least 4 members (excludes halogenated alkanes) is 1. The fourth-order valence-corrected chi connectivity index (χ4v) is 4.49. The third-order valence-electron chi connectivity index (χ3n) is 5.31. The third-order valence-corrected chi connectivity index (χ3v) is 6.32. The molecule has 34 heavy (non-hydrogen) atoms. The topological polar surface area (TPSA) is 82.2 Å². The standard InChI is InChI=1S/C26H28N4O3S/c1-32-22-14-12-21(13-15-22)30-24(18-20-8-3-2-4-9-20)28-29-26(30)34-17-6-5-11-25(31)27-19-23-10-7-16-33-23/h2-4,7-10,12-16H,5-6,11,17-19H2,1H3,(H,27,31). The Kier molecular flexibility index (Phi) is 8.40. The summed E-state index contributed by atoms with van der Waals surface area (Å²) in [6, 6.07) is 21.8. The van der Waals surface area contributed by atoms with Gasteiger partial charge in [-0.25, -0.2) is 0 Å². The average molecular weight is 477 g/mol. The van der Waals surface area contributed by atoms with Crippen molar-refractivity contribution in [3.63, 3.8) is 0 Å². The van der Waals surface area contributed by atoms with Gasteiger partial charge < -0.3 is 14.5 Å². The molecule has 0 atom stereocenters. The summed E-state index contributed by atoms with van der Waals surface area (Å²) in [6.07, 6.45) is 4.50. The highest BCUT2D eigenvalue weighted by Crippen LogP contribution is 2.26. The summed E-state index contributed by atoms with van der Waals surface area (Å²) in [4.78, 5) is 12.0. The Hall–Kier alpha value is -3.52. The molecule has 0 saturated carbocycles. The summed E-state index contributed by atoms with van der Waals surface area (Å²) < 4.78 is 12.6. The Balaban J connectivity index is 1.35. The molecular weight excluding hydrogens is 448 g/mol. The van der Waals surface area contributed by atoms with Gasteiger partial charge in [-0.2, -0.15) is 0 Å². The van der Waals surface area contributed by atoms with Crippen molar-refractivity contribution in [2.24, 2.45) is 0 Å². The summed E-state index contributed by atoms with van der Waals surface area (Å²) in [5.41, 5.74) is 2.18. The maximum Gasteiger partial charge on any atom is 0.220 e. The van der Waals surface area contributed by atoms with E-state index in [1.54, 1.807) is 25.1 Å². The van der Waals surface area contributed by atoms with E-state index < -0.39 is 0 Å². The summed E-state index contributed by atoms with van der Waals surface area (Å²) in [7, 11) is 1.66. The van der Waals surface area contributed by atoms with E-state index in [4.69, 9.17) is 9.15 Å². The summed E-state index contributed by atoms with van der Waals surface area (Å²) in [6.45, 7) is 0.426. The second-order valence-electron chi connectivity index (χ2n) is 7.76. The normalized spacial score (nSPS) is 10.9. The Morgan fingerprint density at radius 2 is 1.85 bits per heavy atom. The van der Waals surface area contributed by atoms with E-state index in [-0.39, 0.29) is 5.91 Å². The molecule has 2 aromatic carbocycles. The lowest BCUT2D eigenvalue weighted by atomic mass is 10.1. The minimum absolute atomic E-state index is 0.0351. The maximum absolute atomic E-state index is 12.0. The Bertz CT molecular complexity index is 1160. The highest BCUT2D eigenvalue weighted by molar-refractivity contribution is 7.99. The van der Waals surface area contributed by atoms with E-state index >= 15 is 0 Å². The summed E-state index contributed by atoms with van der Waals surface area (Å²) in [5.74, 6) is 3.34. The Morgan fingerprint density at radius 3 is 2.59 bits per heavy atom. The fraction of sp³-hybridized carbons (Fsp3) is 0.269. The molecule has 0 saturated heterocycles. The van der Waals surface area contributed by atoms with Crippen LogP contribution < -0.4 is 10.1 Å². The van der Waals surface area contributed by atoms with Crippen LogP contribution in [0.15, 0.2) is 82.6 Å². The number of ether oxygens (including phenoxy) is 1. The van der Waals surface area contributed by atoms with Gasteiger partial charge in [-0.15, -0.1) is 10.2 Å². The van der Waals surface area contributed by atoms with Crippen molar-refractivity contribution in [1.82, 2.24) is 20.1 Å². The van der Waals surface area contributed by atoms with E-state index in [2.05, 4.69) is 32.2 Å². The molecule has 0 fully saturated rings. The fourth-order valence-electron chi connectivity index (χ4n) is 3.52. The smallest absolute Gasteiger partial charge is 0.220 e. The van der Waals surface area contributed by atoms with Gasteiger partial charge in [0.15, 0.2) is 5.16 Å². The SMILES string of the molecule is COc1ccc(-n2c(Cc3ccccc3)nnc2SCCCCC(=O)NCc2ccco2)cc1. The Morgan fingerprint density at radius 1 is 1.03 bits per heavy atom. The lowest BCUT2D eigenvalue weighted by Crippen LogP contribution is -2.22. The second-order valence-corrected chi connectivity index (χ2v) is 8.82. The Labute approximate surface area is 203 Å². The van der Waals surface area contributed by atoms with Gasteiger partial charge in [-0.05, 0) is 54.8 Å². The number of furan rings is 1. The molecule has 0 aliphatic heterocycles. The van der Waals surface area contributed by atoms with Crippen LogP contribution in [0.2, 0.25) is 0 Å². The molecule has 0 radical (unpaired) electrons. The highest BCUT2D eigenvalue weighted by atomic mass is 32.2. The lowest BCUT2D eigenvalue weighted by molar-refractivity contribution is -0.121. The zero-order valence-electron chi connectivity index (χ0n) is 19.1. The van der Waals surface area contributed by atoms with Crippen LogP contribution in [0.25, 0.3) is 5.69 Å². The van der Waals surface area contributed by atoms with Gasteiger partial charge in [-0.3, -0.25) is 9.36 Å². The number of hydrogen-bond donors (Lipinski definition) is 1. The van der Waals surface area contributed by atoms with Gasteiger partial charge in [-0.1, -0.05) is 42.1 Å². The van der Waals surface area contributed by atoms with Crippen molar-refractivity contribution >= 4 is 17.7 Å². The summed E-state index contributed by atoms with van der Waals surface area (Å²) >= 11 is 1.66. The molecular formula is C26H28N4O3S. The van der Waals surface area contributed by atoms with Crippen LogP contribution in [0.3, 0.4) is 0 Å². The van der Waals surface area contributed by atoms with Crippen molar-refractivity contribution in [1.29, 1.82) is 0 Å². The van der Waals surface area contributed by atoms with Crippen molar-refractivity contribution in [3.05, 3.63) is 90.1 Å². The molecule has 176 valence electrons. The molecule has 0 bridgehead atoms. The van der Waals surface area contributed by atoms with Crippen LogP contribution in [0.5, 0.6) is 5.75 Å². The number of carbonyl (C=O) groups excluding carboxylic acids is 1. The minimum atomic E-state index is 0.0351. The van der Waals surface area contributed by atoms with E-state index in [9.17, 15) is 4.79 Å². The summed E-state index contributed by atoms with van der Waals surface area (Å²) in [5, 5.41) is 12.7. The number of methoxy groups -OCH3 is 1. The molecule has 1 amide bonds. The molecule has 2 aromatic heterocycles. The largest absolute Gasteiger partial charge is 0.497 e. The average Bonchev–Trinajstić information content (AvgIpc) is 3.53. The predicted octanol–water partition coefficient (Wildman–Crippen LogP) is 5.04. The predicted molar refractivity (Wildman–Crippen MR) is 132 cm³/mol. The van der Waals surface area contributed by atoms with E-state index in [0.29, 0.717) is 19.4 Å². The molecule has 0 unspecified atom stereocenters. The number of nitrogens with zero attached hydrogens (tertiary/aromatic N) is 3. The number of hydrogen-bond acceptors (Lipinski definition) is 6. The molecule has 0 aliphatic carbocycles. The zero-order chi connectivity index (χ0) is 23.6. The van der Waals surface area contributed by atoms with Crippen LogP contribution in [0.1, 0.15) is 36.4 Å². The molecule has 7 nitrogen and oxygen atoms in total. The molecule has 4 aromatic rings. The first-order valence-electron chi connectivity index (χ1n) is 11.3. The van der Waals surface area contributed by atoms with Crippen LogP contribution in [0.4, 0.5) is 0 Å². The quantitative estimate of drug-likeness (QED) is 0.228. The molecule has 4 rings (SSSR count). The van der Waals surface area contributed by atoms with Crippen LogP contribution in [-0.2, 0) is 17.8 Å². The first-order chi connectivity index (χ1) is 16.7. The molecule has 1 N–H and O–H groups in total. The number of benzene rings is 2. The lowest BCUT2D eigenvalue weighted by Gasteiger charge is -2.11. The van der Waals surface area contributed by atoms with Gasteiger partial charge in [0, 0.05) is 24.3 Å². The number of nitrogens with one attached hydrogen (secondary N) is 1. The van der Waals surface area contributed by atoms with Gasteiger partial charge in [0.1, 0.15) is 17.3 Å². The van der Waals surface area contributed by atoms with Crippen molar-refractivity contribution in [3.8, 4) is 11.4 Å². The number of aromatic nitrogens is 3. The van der Waals surface area contributed by atoms with E-state index in [1.807, 2.05) is 54.6 Å². The molecule has 2 heterocycles. The third kappa shape index (κ3) is 6.51. The van der Waals surface area contributed by atoms with Crippen LogP contribution in [-0.4, -0.2) is 33.5 Å². The van der Waals surface area contributed by atoms with Crippen molar-refractivity contribution in [2.45, 2.75) is 37.4 Å². The first-order valence-corrected chi connectivity index (χ1v) is 12.3. The molecule has 8 heteroatoms. The second kappa shape index (κ2) is 12.1. The van der Waals surface area contributed by atoms with Gasteiger partial charge in [0.25, 0.3) is 0 Å². The van der Waals surface area contributed by atoms with Crippen LogP contribution in [0, 0.1) is 0 Å². The number of thioether (sulfide) groups is 1. The van der Waals surface area contributed by atoms with Gasteiger partial charge in [0.2, 0.25) is 5.91 Å².